The van der Waals surface area contributed by atoms with Crippen LogP contribution in [0.1, 0.15) is 18.1 Å². The second-order valence-corrected chi connectivity index (χ2v) is 5.78. The number of rotatable bonds is 4. The summed E-state index contributed by atoms with van der Waals surface area (Å²) >= 11 is 0. The molecule has 0 amide bonds. The van der Waals surface area contributed by atoms with Gasteiger partial charge in [-0.1, -0.05) is 6.07 Å². The summed E-state index contributed by atoms with van der Waals surface area (Å²) in [7, 11) is 0. The quantitative estimate of drug-likeness (QED) is 0.721. The Bertz CT molecular complexity index is 838. The van der Waals surface area contributed by atoms with Crippen LogP contribution in [0.3, 0.4) is 0 Å². The summed E-state index contributed by atoms with van der Waals surface area (Å²) in [5, 5.41) is 0.953. The lowest BCUT2D eigenvalue weighted by atomic mass is 10.1. The molecule has 0 saturated carbocycles. The molecule has 0 saturated heterocycles. The Morgan fingerprint density at radius 2 is 1.83 bits per heavy atom. The van der Waals surface area contributed by atoms with Crippen LogP contribution in [0.2, 0.25) is 0 Å². The minimum absolute atomic E-state index is 0.181. The van der Waals surface area contributed by atoms with Crippen LogP contribution in [-0.4, -0.2) is 11.1 Å². The highest BCUT2D eigenvalue weighted by Crippen LogP contribution is 2.30. The average Bonchev–Trinajstić information content (AvgIpc) is 2.88. The lowest BCUT2D eigenvalue weighted by Gasteiger charge is -2.16. The third-order valence-corrected chi connectivity index (χ3v) is 3.82. The number of anilines is 1. The largest absolute Gasteiger partial charge is 0.490 e. The standard InChI is InChI=1S/C18H17F3N2O/c1-11(24-14-5-3-13(4-6-14)18(19,20)21)8-12-2-7-17-15(9-12)16(22)10-23-17/h2-7,9-11,23H,8,22H2,1H3. The smallest absolute Gasteiger partial charge is 0.416 e. The van der Waals surface area contributed by atoms with E-state index in [1.54, 1.807) is 6.20 Å². The van der Waals surface area contributed by atoms with Gasteiger partial charge in [0, 0.05) is 23.5 Å². The molecule has 126 valence electrons. The van der Waals surface area contributed by atoms with Crippen molar-refractivity contribution in [3.05, 3.63) is 59.8 Å². The zero-order valence-electron chi connectivity index (χ0n) is 13.0. The zero-order chi connectivity index (χ0) is 17.3. The van der Waals surface area contributed by atoms with Crippen molar-refractivity contribution in [2.75, 3.05) is 5.73 Å². The summed E-state index contributed by atoms with van der Waals surface area (Å²) in [6, 6.07) is 10.6. The number of benzene rings is 2. The van der Waals surface area contributed by atoms with Gasteiger partial charge in [0.05, 0.1) is 17.4 Å². The predicted octanol–water partition coefficient (Wildman–Crippen LogP) is 4.78. The molecule has 1 heterocycles. The number of nitrogen functional groups attached to an aromatic ring is 1. The van der Waals surface area contributed by atoms with Crippen molar-refractivity contribution in [3.8, 4) is 5.75 Å². The Morgan fingerprint density at radius 1 is 1.12 bits per heavy atom. The first-order valence-corrected chi connectivity index (χ1v) is 7.52. The van der Waals surface area contributed by atoms with Crippen molar-refractivity contribution in [1.82, 2.24) is 4.98 Å². The maximum Gasteiger partial charge on any atom is 0.416 e. The summed E-state index contributed by atoms with van der Waals surface area (Å²) in [6.07, 6.45) is -2.15. The number of hydrogen-bond donors (Lipinski definition) is 2. The van der Waals surface area contributed by atoms with Crippen LogP contribution in [-0.2, 0) is 12.6 Å². The predicted molar refractivity (Wildman–Crippen MR) is 87.9 cm³/mol. The number of nitrogens with one attached hydrogen (secondary N) is 1. The van der Waals surface area contributed by atoms with Crippen LogP contribution in [0.25, 0.3) is 10.9 Å². The Balaban J connectivity index is 1.68. The van der Waals surface area contributed by atoms with E-state index in [0.29, 0.717) is 17.9 Å². The van der Waals surface area contributed by atoms with Gasteiger partial charge in [0.25, 0.3) is 0 Å². The van der Waals surface area contributed by atoms with E-state index in [1.807, 2.05) is 25.1 Å². The Labute approximate surface area is 137 Å². The normalized spacial score (nSPS) is 13.2. The van der Waals surface area contributed by atoms with Gasteiger partial charge in [-0.05, 0) is 48.9 Å². The molecule has 3 N–H and O–H groups in total. The number of ether oxygens (including phenoxy) is 1. The van der Waals surface area contributed by atoms with Crippen molar-refractivity contribution in [2.45, 2.75) is 25.6 Å². The molecule has 1 aromatic heterocycles. The maximum atomic E-state index is 12.5. The van der Waals surface area contributed by atoms with Crippen molar-refractivity contribution in [3.63, 3.8) is 0 Å². The van der Waals surface area contributed by atoms with Gasteiger partial charge in [0.15, 0.2) is 0 Å². The van der Waals surface area contributed by atoms with Gasteiger partial charge in [-0.15, -0.1) is 0 Å². The number of halogens is 3. The molecular formula is C18H17F3N2O. The molecule has 0 fully saturated rings. The SMILES string of the molecule is CC(Cc1ccc2[nH]cc(N)c2c1)Oc1ccc(C(F)(F)F)cc1. The van der Waals surface area contributed by atoms with E-state index < -0.39 is 11.7 Å². The van der Waals surface area contributed by atoms with Gasteiger partial charge in [-0.3, -0.25) is 0 Å². The number of fused-ring (bicyclic) bond motifs is 1. The Kier molecular flexibility index (Phi) is 4.13. The molecule has 0 radical (unpaired) electrons. The Morgan fingerprint density at radius 3 is 2.50 bits per heavy atom. The molecule has 0 aliphatic rings. The lowest BCUT2D eigenvalue weighted by Crippen LogP contribution is -2.15. The van der Waals surface area contributed by atoms with Gasteiger partial charge in [-0.25, -0.2) is 0 Å². The van der Waals surface area contributed by atoms with Crippen LogP contribution < -0.4 is 10.5 Å². The highest BCUT2D eigenvalue weighted by Gasteiger charge is 2.30. The van der Waals surface area contributed by atoms with E-state index in [1.165, 1.54) is 12.1 Å². The molecule has 3 nitrogen and oxygen atoms in total. The van der Waals surface area contributed by atoms with Crippen molar-refractivity contribution in [1.29, 1.82) is 0 Å². The molecule has 0 bridgehead atoms. The van der Waals surface area contributed by atoms with Crippen molar-refractivity contribution in [2.24, 2.45) is 0 Å². The van der Waals surface area contributed by atoms with Crippen LogP contribution in [0.4, 0.5) is 18.9 Å². The van der Waals surface area contributed by atoms with E-state index in [9.17, 15) is 13.2 Å². The highest BCUT2D eigenvalue weighted by atomic mass is 19.4. The van der Waals surface area contributed by atoms with Gasteiger partial charge in [-0.2, -0.15) is 13.2 Å². The maximum absolute atomic E-state index is 12.5. The van der Waals surface area contributed by atoms with Crippen LogP contribution in [0, 0.1) is 0 Å². The number of aromatic nitrogens is 1. The van der Waals surface area contributed by atoms with Gasteiger partial charge in [0.1, 0.15) is 5.75 Å². The van der Waals surface area contributed by atoms with Crippen molar-refractivity contribution >= 4 is 16.6 Å². The molecule has 6 heteroatoms. The first-order chi connectivity index (χ1) is 11.3. The third-order valence-electron chi connectivity index (χ3n) is 3.82. The molecule has 0 aliphatic carbocycles. The van der Waals surface area contributed by atoms with Crippen LogP contribution >= 0.6 is 0 Å². The summed E-state index contributed by atoms with van der Waals surface area (Å²) in [5.74, 6) is 0.415. The average molecular weight is 334 g/mol. The monoisotopic (exact) mass is 334 g/mol. The summed E-state index contributed by atoms with van der Waals surface area (Å²) < 4.78 is 43.4. The van der Waals surface area contributed by atoms with Crippen molar-refractivity contribution < 1.29 is 17.9 Å². The second-order valence-electron chi connectivity index (χ2n) is 5.78. The third kappa shape index (κ3) is 3.48. The molecule has 1 unspecified atom stereocenters. The topological polar surface area (TPSA) is 51.0 Å². The minimum Gasteiger partial charge on any atom is -0.490 e. The van der Waals surface area contributed by atoms with E-state index in [-0.39, 0.29) is 6.10 Å². The van der Waals surface area contributed by atoms with Crippen LogP contribution in [0.5, 0.6) is 5.75 Å². The van der Waals surface area contributed by atoms with E-state index >= 15 is 0 Å². The van der Waals surface area contributed by atoms with Gasteiger partial charge < -0.3 is 15.5 Å². The second kappa shape index (κ2) is 6.11. The molecule has 2 aromatic carbocycles. The number of aromatic amines is 1. The molecular weight excluding hydrogens is 317 g/mol. The molecule has 3 aromatic rings. The van der Waals surface area contributed by atoms with E-state index in [4.69, 9.17) is 10.5 Å². The fraction of sp³-hybridized carbons (Fsp3) is 0.222. The fourth-order valence-corrected chi connectivity index (χ4v) is 2.64. The molecule has 0 aliphatic heterocycles. The van der Waals surface area contributed by atoms with Gasteiger partial charge in [0.2, 0.25) is 0 Å². The Hall–Kier alpha value is -2.63. The first kappa shape index (κ1) is 16.2. The number of H-pyrrole nitrogens is 1. The number of nitrogens with two attached hydrogens (primary N) is 1. The summed E-state index contributed by atoms with van der Waals surface area (Å²) in [5.41, 5.74) is 7.91. The molecule has 24 heavy (non-hydrogen) atoms. The van der Waals surface area contributed by atoms with E-state index in [2.05, 4.69) is 4.98 Å². The highest BCUT2D eigenvalue weighted by molar-refractivity contribution is 5.91. The first-order valence-electron chi connectivity index (χ1n) is 7.52. The summed E-state index contributed by atoms with van der Waals surface area (Å²) in [6.45, 7) is 1.88. The zero-order valence-corrected chi connectivity index (χ0v) is 13.0. The number of alkyl halides is 3. The molecule has 3 rings (SSSR count). The fourth-order valence-electron chi connectivity index (χ4n) is 2.64. The molecule has 0 spiro atoms. The minimum atomic E-state index is -4.34. The number of hydrogen-bond acceptors (Lipinski definition) is 2. The van der Waals surface area contributed by atoms with Crippen LogP contribution in [0.15, 0.2) is 48.7 Å². The van der Waals surface area contributed by atoms with E-state index in [0.717, 1.165) is 28.6 Å². The lowest BCUT2D eigenvalue weighted by molar-refractivity contribution is -0.137. The summed E-state index contributed by atoms with van der Waals surface area (Å²) in [4.78, 5) is 3.08. The molecule has 1 atom stereocenters. The van der Waals surface area contributed by atoms with Gasteiger partial charge >= 0.3 is 6.18 Å².